The van der Waals surface area contributed by atoms with E-state index >= 15 is 0 Å². The summed E-state index contributed by atoms with van der Waals surface area (Å²) in [6, 6.07) is 24.1. The first kappa shape index (κ1) is 12.5. The van der Waals surface area contributed by atoms with Gasteiger partial charge >= 0.3 is 0 Å². The molecule has 0 heterocycles. The zero-order valence-corrected chi connectivity index (χ0v) is 11.4. The van der Waals surface area contributed by atoms with Crippen LogP contribution < -0.4 is 0 Å². The van der Waals surface area contributed by atoms with Gasteiger partial charge < -0.3 is 5.11 Å². The fourth-order valence-corrected chi connectivity index (χ4v) is 2.54. The Bertz CT molecular complexity index is 713. The molecule has 0 aliphatic rings. The van der Waals surface area contributed by atoms with Crippen LogP contribution in [0.15, 0.2) is 72.8 Å². The van der Waals surface area contributed by atoms with Gasteiger partial charge in [-0.15, -0.1) is 0 Å². The van der Waals surface area contributed by atoms with E-state index in [0.29, 0.717) is 5.75 Å². The molecule has 0 aromatic heterocycles. The molecule has 0 atom stereocenters. The van der Waals surface area contributed by atoms with E-state index in [1.807, 2.05) is 18.2 Å². The molecule has 3 aromatic rings. The number of rotatable bonds is 2. The Morgan fingerprint density at radius 1 is 0.650 bits per heavy atom. The molecule has 1 nitrogen and oxygen atoms in total. The molecule has 0 amide bonds. The molecule has 20 heavy (non-hydrogen) atoms. The van der Waals surface area contributed by atoms with Crippen molar-refractivity contribution in [1.29, 1.82) is 0 Å². The molecule has 3 aromatic carbocycles. The lowest BCUT2D eigenvalue weighted by molar-refractivity contribution is 0.475. The third kappa shape index (κ3) is 2.30. The second-order valence-electron chi connectivity index (χ2n) is 4.91. The van der Waals surface area contributed by atoms with Gasteiger partial charge in [-0.25, -0.2) is 0 Å². The van der Waals surface area contributed by atoms with Gasteiger partial charge in [0.15, 0.2) is 0 Å². The van der Waals surface area contributed by atoms with Gasteiger partial charge in [-0.05, 0) is 46.9 Å². The molecule has 3 rings (SSSR count). The maximum absolute atomic E-state index is 9.44. The van der Waals surface area contributed by atoms with Crippen molar-refractivity contribution in [3.05, 3.63) is 78.4 Å². The molecule has 98 valence electrons. The van der Waals surface area contributed by atoms with E-state index in [-0.39, 0.29) is 0 Å². The zero-order valence-electron chi connectivity index (χ0n) is 11.4. The second-order valence-corrected chi connectivity index (χ2v) is 4.91. The predicted octanol–water partition coefficient (Wildman–Crippen LogP) is 5.03. The standard InChI is InChI=1S/C19H16O/c1-14-6-5-9-18(15-10-12-17(20)13-11-15)19(14)16-7-3-2-4-8-16/h2-13,20H,1H3. The SMILES string of the molecule is Cc1cccc(-c2ccc(O)cc2)c1-c1ccccc1. The van der Waals surface area contributed by atoms with Gasteiger partial charge in [-0.2, -0.15) is 0 Å². The number of phenolic OH excluding ortho intramolecular Hbond substituents is 1. The number of hydrogen-bond acceptors (Lipinski definition) is 1. The lowest BCUT2D eigenvalue weighted by Crippen LogP contribution is -1.88. The summed E-state index contributed by atoms with van der Waals surface area (Å²) >= 11 is 0. The van der Waals surface area contributed by atoms with Gasteiger partial charge in [0.1, 0.15) is 5.75 Å². The Balaban J connectivity index is 2.22. The van der Waals surface area contributed by atoms with Gasteiger partial charge in [-0.3, -0.25) is 0 Å². The van der Waals surface area contributed by atoms with Crippen LogP contribution in [-0.4, -0.2) is 5.11 Å². The largest absolute Gasteiger partial charge is 0.508 e. The van der Waals surface area contributed by atoms with Crippen molar-refractivity contribution in [1.82, 2.24) is 0 Å². The third-order valence-electron chi connectivity index (χ3n) is 3.51. The van der Waals surface area contributed by atoms with Gasteiger partial charge in [-0.1, -0.05) is 60.7 Å². The summed E-state index contributed by atoms with van der Waals surface area (Å²) in [7, 11) is 0. The molecule has 0 radical (unpaired) electrons. The maximum atomic E-state index is 9.44. The highest BCUT2D eigenvalue weighted by Gasteiger charge is 2.09. The minimum Gasteiger partial charge on any atom is -0.508 e. The average Bonchev–Trinajstić information content (AvgIpc) is 2.49. The summed E-state index contributed by atoms with van der Waals surface area (Å²) in [6.07, 6.45) is 0. The van der Waals surface area contributed by atoms with Gasteiger partial charge in [0.05, 0.1) is 0 Å². The van der Waals surface area contributed by atoms with Gasteiger partial charge in [0.2, 0.25) is 0 Å². The Labute approximate surface area is 119 Å². The third-order valence-corrected chi connectivity index (χ3v) is 3.51. The van der Waals surface area contributed by atoms with E-state index in [1.165, 1.54) is 22.3 Å². The van der Waals surface area contributed by atoms with E-state index in [1.54, 1.807) is 12.1 Å². The Hall–Kier alpha value is -2.54. The van der Waals surface area contributed by atoms with E-state index in [9.17, 15) is 5.11 Å². The molecule has 0 bridgehead atoms. The molecule has 0 aliphatic carbocycles. The summed E-state index contributed by atoms with van der Waals surface area (Å²) in [5.41, 5.74) is 6.02. The minimum absolute atomic E-state index is 0.294. The predicted molar refractivity (Wildman–Crippen MR) is 83.7 cm³/mol. The summed E-state index contributed by atoms with van der Waals surface area (Å²) < 4.78 is 0. The van der Waals surface area contributed by atoms with Crippen LogP contribution in [0.1, 0.15) is 5.56 Å². The van der Waals surface area contributed by atoms with Crippen molar-refractivity contribution in [2.24, 2.45) is 0 Å². The lowest BCUT2D eigenvalue weighted by Gasteiger charge is -2.13. The van der Waals surface area contributed by atoms with Crippen LogP contribution in [0.5, 0.6) is 5.75 Å². The van der Waals surface area contributed by atoms with Crippen molar-refractivity contribution in [3.8, 4) is 28.0 Å². The Morgan fingerprint density at radius 2 is 1.35 bits per heavy atom. The Morgan fingerprint density at radius 3 is 2.05 bits per heavy atom. The lowest BCUT2D eigenvalue weighted by atomic mass is 9.91. The van der Waals surface area contributed by atoms with Crippen molar-refractivity contribution >= 4 is 0 Å². The first-order valence-corrected chi connectivity index (χ1v) is 6.70. The fraction of sp³-hybridized carbons (Fsp3) is 0.0526. The summed E-state index contributed by atoms with van der Waals surface area (Å²) in [6.45, 7) is 2.13. The van der Waals surface area contributed by atoms with E-state index in [4.69, 9.17) is 0 Å². The van der Waals surface area contributed by atoms with Gasteiger partial charge in [0, 0.05) is 0 Å². The fourth-order valence-electron chi connectivity index (χ4n) is 2.54. The summed E-state index contributed by atoms with van der Waals surface area (Å²) in [4.78, 5) is 0. The highest BCUT2D eigenvalue weighted by molar-refractivity contribution is 5.85. The number of benzene rings is 3. The number of hydrogen-bond donors (Lipinski definition) is 1. The number of aryl methyl sites for hydroxylation is 1. The van der Waals surface area contributed by atoms with Crippen molar-refractivity contribution < 1.29 is 5.11 Å². The topological polar surface area (TPSA) is 20.2 Å². The molecule has 1 heteroatoms. The second kappa shape index (κ2) is 5.22. The van der Waals surface area contributed by atoms with Crippen LogP contribution >= 0.6 is 0 Å². The van der Waals surface area contributed by atoms with Crippen molar-refractivity contribution in [3.63, 3.8) is 0 Å². The molecule has 0 aliphatic heterocycles. The summed E-state index contributed by atoms with van der Waals surface area (Å²) in [5, 5.41) is 9.44. The van der Waals surface area contributed by atoms with Crippen molar-refractivity contribution in [2.45, 2.75) is 6.92 Å². The molecule has 0 saturated carbocycles. The quantitative estimate of drug-likeness (QED) is 0.684. The molecule has 0 unspecified atom stereocenters. The first-order chi connectivity index (χ1) is 9.75. The minimum atomic E-state index is 0.294. The van der Waals surface area contributed by atoms with Crippen LogP contribution in [0, 0.1) is 6.92 Å². The molecular weight excluding hydrogens is 244 g/mol. The summed E-state index contributed by atoms with van der Waals surface area (Å²) in [5.74, 6) is 0.294. The highest BCUT2D eigenvalue weighted by Crippen LogP contribution is 2.35. The maximum Gasteiger partial charge on any atom is 0.115 e. The van der Waals surface area contributed by atoms with E-state index in [0.717, 1.165) is 5.56 Å². The van der Waals surface area contributed by atoms with E-state index < -0.39 is 0 Å². The van der Waals surface area contributed by atoms with Crippen LogP contribution in [0.3, 0.4) is 0 Å². The van der Waals surface area contributed by atoms with Crippen LogP contribution in [0.4, 0.5) is 0 Å². The van der Waals surface area contributed by atoms with E-state index in [2.05, 4.69) is 49.4 Å². The number of phenols is 1. The van der Waals surface area contributed by atoms with Gasteiger partial charge in [0.25, 0.3) is 0 Å². The zero-order chi connectivity index (χ0) is 13.9. The molecule has 1 N–H and O–H groups in total. The average molecular weight is 260 g/mol. The normalized spacial score (nSPS) is 10.4. The smallest absolute Gasteiger partial charge is 0.115 e. The van der Waals surface area contributed by atoms with Crippen LogP contribution in [0.25, 0.3) is 22.3 Å². The first-order valence-electron chi connectivity index (χ1n) is 6.70. The Kier molecular flexibility index (Phi) is 3.26. The molecule has 0 saturated heterocycles. The monoisotopic (exact) mass is 260 g/mol. The highest BCUT2D eigenvalue weighted by atomic mass is 16.3. The van der Waals surface area contributed by atoms with Crippen LogP contribution in [0.2, 0.25) is 0 Å². The molecular formula is C19H16O. The molecule has 0 spiro atoms. The molecule has 0 fully saturated rings. The number of aromatic hydroxyl groups is 1. The van der Waals surface area contributed by atoms with Crippen molar-refractivity contribution in [2.75, 3.05) is 0 Å². The van der Waals surface area contributed by atoms with Crippen LogP contribution in [-0.2, 0) is 0 Å².